The summed E-state index contributed by atoms with van der Waals surface area (Å²) in [4.78, 5) is 30.4. The second-order valence-electron chi connectivity index (χ2n) is 5.74. The molecule has 1 aromatic carbocycles. The number of pyridine rings is 1. The van der Waals surface area contributed by atoms with Gasteiger partial charge in [-0.25, -0.2) is 4.39 Å². The van der Waals surface area contributed by atoms with Crippen LogP contribution in [0.15, 0.2) is 42.6 Å². The highest BCUT2D eigenvalue weighted by Crippen LogP contribution is 2.12. The number of nitrogens with one attached hydrogen (secondary N) is 1. The molecule has 124 valence electrons. The normalized spacial score (nSPS) is 13.8. The second kappa shape index (κ2) is 7.21. The minimum absolute atomic E-state index is 0.138. The van der Waals surface area contributed by atoms with Crippen molar-refractivity contribution >= 4 is 11.8 Å². The van der Waals surface area contributed by atoms with Crippen LogP contribution in [0.4, 0.5) is 4.39 Å². The first-order valence-electron chi connectivity index (χ1n) is 7.91. The predicted octanol–water partition coefficient (Wildman–Crippen LogP) is 2.39. The summed E-state index contributed by atoms with van der Waals surface area (Å²) in [6, 6.07) is 9.01. The Morgan fingerprint density at radius 1 is 1.12 bits per heavy atom. The smallest absolute Gasteiger partial charge is 0.272 e. The molecule has 3 rings (SSSR count). The summed E-state index contributed by atoms with van der Waals surface area (Å²) >= 11 is 0. The molecular weight excluding hydrogens is 309 g/mol. The molecule has 1 saturated heterocycles. The fourth-order valence-electron chi connectivity index (χ4n) is 2.66. The molecule has 0 spiro atoms. The molecule has 1 fully saturated rings. The first-order chi connectivity index (χ1) is 11.6. The van der Waals surface area contributed by atoms with Gasteiger partial charge in [0.25, 0.3) is 11.8 Å². The van der Waals surface area contributed by atoms with Crippen LogP contribution in [0.2, 0.25) is 0 Å². The average molecular weight is 327 g/mol. The van der Waals surface area contributed by atoms with Crippen LogP contribution in [-0.4, -0.2) is 34.8 Å². The SMILES string of the molecule is O=C(NCc1ccc(F)cc1)c1ccnc(C(=O)N2CCCC2)c1. The van der Waals surface area contributed by atoms with Gasteiger partial charge >= 0.3 is 0 Å². The molecule has 2 aromatic rings. The van der Waals surface area contributed by atoms with Crippen LogP contribution in [-0.2, 0) is 6.54 Å². The topological polar surface area (TPSA) is 62.3 Å². The van der Waals surface area contributed by atoms with E-state index in [9.17, 15) is 14.0 Å². The summed E-state index contributed by atoms with van der Waals surface area (Å²) in [5.41, 5.74) is 1.47. The highest BCUT2D eigenvalue weighted by atomic mass is 19.1. The third kappa shape index (κ3) is 3.76. The molecule has 0 bridgehead atoms. The van der Waals surface area contributed by atoms with Crippen molar-refractivity contribution in [2.75, 3.05) is 13.1 Å². The van der Waals surface area contributed by atoms with Gasteiger partial charge in [0, 0.05) is 31.4 Å². The van der Waals surface area contributed by atoms with E-state index in [-0.39, 0.29) is 29.9 Å². The van der Waals surface area contributed by atoms with E-state index < -0.39 is 0 Å². The number of halogens is 1. The van der Waals surface area contributed by atoms with Crippen molar-refractivity contribution in [3.63, 3.8) is 0 Å². The van der Waals surface area contributed by atoms with Crippen molar-refractivity contribution in [2.24, 2.45) is 0 Å². The van der Waals surface area contributed by atoms with Crippen molar-refractivity contribution in [3.05, 3.63) is 65.2 Å². The third-order valence-corrected chi connectivity index (χ3v) is 4.00. The molecule has 2 amide bonds. The molecule has 1 aromatic heterocycles. The molecule has 0 saturated carbocycles. The fourth-order valence-corrected chi connectivity index (χ4v) is 2.66. The number of likely N-dealkylation sites (tertiary alicyclic amines) is 1. The van der Waals surface area contributed by atoms with Crippen LogP contribution in [0.3, 0.4) is 0 Å². The molecule has 24 heavy (non-hydrogen) atoms. The van der Waals surface area contributed by atoms with E-state index in [1.54, 1.807) is 23.1 Å². The van der Waals surface area contributed by atoms with Crippen LogP contribution in [0, 0.1) is 5.82 Å². The van der Waals surface area contributed by atoms with E-state index in [4.69, 9.17) is 0 Å². The van der Waals surface area contributed by atoms with Gasteiger partial charge in [-0.3, -0.25) is 14.6 Å². The molecule has 2 heterocycles. The molecule has 0 unspecified atom stereocenters. The molecule has 0 atom stereocenters. The van der Waals surface area contributed by atoms with Crippen molar-refractivity contribution in [1.29, 1.82) is 0 Å². The molecule has 0 radical (unpaired) electrons. The molecule has 1 aliphatic heterocycles. The quantitative estimate of drug-likeness (QED) is 0.938. The predicted molar refractivity (Wildman–Crippen MR) is 86.9 cm³/mol. The van der Waals surface area contributed by atoms with Gasteiger partial charge in [0.15, 0.2) is 0 Å². The molecule has 6 heteroatoms. The molecule has 5 nitrogen and oxygen atoms in total. The van der Waals surface area contributed by atoms with Crippen molar-refractivity contribution in [2.45, 2.75) is 19.4 Å². The van der Waals surface area contributed by atoms with Gasteiger partial charge in [-0.1, -0.05) is 12.1 Å². The summed E-state index contributed by atoms with van der Waals surface area (Å²) < 4.78 is 12.9. The van der Waals surface area contributed by atoms with Gasteiger partial charge in [0.05, 0.1) is 0 Å². The Hall–Kier alpha value is -2.76. The van der Waals surface area contributed by atoms with Crippen LogP contribution < -0.4 is 5.32 Å². The zero-order valence-corrected chi connectivity index (χ0v) is 13.2. The number of hydrogen-bond acceptors (Lipinski definition) is 3. The number of amides is 2. The van der Waals surface area contributed by atoms with Crippen LogP contribution in [0.25, 0.3) is 0 Å². The van der Waals surface area contributed by atoms with Gasteiger partial charge in [-0.2, -0.15) is 0 Å². The lowest BCUT2D eigenvalue weighted by Crippen LogP contribution is -2.29. The zero-order valence-electron chi connectivity index (χ0n) is 13.2. The van der Waals surface area contributed by atoms with Crippen LogP contribution in [0.1, 0.15) is 39.3 Å². The minimum Gasteiger partial charge on any atom is -0.348 e. The lowest BCUT2D eigenvalue weighted by atomic mass is 10.2. The first kappa shape index (κ1) is 16.1. The maximum absolute atomic E-state index is 12.9. The van der Waals surface area contributed by atoms with Gasteiger partial charge in [0.1, 0.15) is 11.5 Å². The number of aromatic nitrogens is 1. The molecular formula is C18H18FN3O2. The van der Waals surface area contributed by atoms with E-state index in [0.717, 1.165) is 31.5 Å². The van der Waals surface area contributed by atoms with Crippen molar-refractivity contribution in [1.82, 2.24) is 15.2 Å². The number of carbonyl (C=O) groups is 2. The largest absolute Gasteiger partial charge is 0.348 e. The number of carbonyl (C=O) groups excluding carboxylic acids is 2. The summed E-state index contributed by atoms with van der Waals surface area (Å²) in [6.45, 7) is 1.76. The highest BCUT2D eigenvalue weighted by Gasteiger charge is 2.21. The maximum Gasteiger partial charge on any atom is 0.272 e. The van der Waals surface area contributed by atoms with E-state index in [1.807, 2.05) is 0 Å². The summed E-state index contributed by atoms with van der Waals surface area (Å²) in [5, 5.41) is 2.76. The van der Waals surface area contributed by atoms with Gasteiger partial charge in [-0.15, -0.1) is 0 Å². The first-order valence-corrected chi connectivity index (χ1v) is 7.91. The monoisotopic (exact) mass is 327 g/mol. The van der Waals surface area contributed by atoms with Gasteiger partial charge in [-0.05, 0) is 42.7 Å². The Bertz CT molecular complexity index is 740. The minimum atomic E-state index is -0.315. The molecule has 1 aliphatic rings. The van der Waals surface area contributed by atoms with Gasteiger partial charge < -0.3 is 10.2 Å². The van der Waals surface area contributed by atoms with E-state index in [1.165, 1.54) is 24.4 Å². The lowest BCUT2D eigenvalue weighted by Gasteiger charge is -2.14. The average Bonchev–Trinajstić information content (AvgIpc) is 3.15. The Morgan fingerprint density at radius 3 is 2.54 bits per heavy atom. The number of hydrogen-bond donors (Lipinski definition) is 1. The second-order valence-corrected chi connectivity index (χ2v) is 5.74. The van der Waals surface area contributed by atoms with E-state index >= 15 is 0 Å². The van der Waals surface area contributed by atoms with Crippen molar-refractivity contribution in [3.8, 4) is 0 Å². The molecule has 0 aliphatic carbocycles. The van der Waals surface area contributed by atoms with Crippen LogP contribution >= 0.6 is 0 Å². The standard InChI is InChI=1S/C18H18FN3O2/c19-15-5-3-13(4-6-15)12-21-17(23)14-7-8-20-16(11-14)18(24)22-9-1-2-10-22/h3-8,11H,1-2,9-10,12H2,(H,21,23). The summed E-state index contributed by atoms with van der Waals surface area (Å²) in [7, 11) is 0. The number of benzene rings is 1. The summed E-state index contributed by atoms with van der Waals surface area (Å²) in [6.07, 6.45) is 3.48. The molecule has 1 N–H and O–H groups in total. The number of nitrogens with zero attached hydrogens (tertiary/aromatic N) is 2. The lowest BCUT2D eigenvalue weighted by molar-refractivity contribution is 0.0787. The van der Waals surface area contributed by atoms with E-state index in [2.05, 4.69) is 10.3 Å². The summed E-state index contributed by atoms with van der Waals surface area (Å²) in [5.74, 6) is -0.748. The van der Waals surface area contributed by atoms with Gasteiger partial charge in [0.2, 0.25) is 0 Å². The fraction of sp³-hybridized carbons (Fsp3) is 0.278. The Kier molecular flexibility index (Phi) is 4.84. The maximum atomic E-state index is 12.9. The third-order valence-electron chi connectivity index (χ3n) is 4.00. The van der Waals surface area contributed by atoms with E-state index in [0.29, 0.717) is 5.56 Å². The van der Waals surface area contributed by atoms with Crippen LogP contribution in [0.5, 0.6) is 0 Å². The Morgan fingerprint density at radius 2 is 1.83 bits per heavy atom. The van der Waals surface area contributed by atoms with Crippen molar-refractivity contribution < 1.29 is 14.0 Å². The zero-order chi connectivity index (χ0) is 16.9. The Labute approximate surface area is 139 Å². The number of rotatable bonds is 4. The highest BCUT2D eigenvalue weighted by molar-refractivity contribution is 5.98. The Balaban J connectivity index is 1.65.